The van der Waals surface area contributed by atoms with Crippen LogP contribution in [0.4, 0.5) is 0 Å². The maximum absolute atomic E-state index is 11.2. The predicted octanol–water partition coefficient (Wildman–Crippen LogP) is 1.20. The van der Waals surface area contributed by atoms with Crippen LogP contribution in [0.5, 0.6) is 0 Å². The highest BCUT2D eigenvalue weighted by molar-refractivity contribution is 7.99. The van der Waals surface area contributed by atoms with Gasteiger partial charge >= 0.3 is 5.97 Å². The number of carbonyl (C=O) groups excluding carboxylic acids is 2. The number of aromatic nitrogens is 4. The highest BCUT2D eigenvalue weighted by Gasteiger charge is 2.12. The van der Waals surface area contributed by atoms with Gasteiger partial charge in [-0.25, -0.2) is 4.68 Å². The average molecular weight is 292 g/mol. The lowest BCUT2D eigenvalue weighted by molar-refractivity contribution is -0.141. The largest absolute Gasteiger partial charge is 0.468 e. The Hall–Kier alpha value is -2.22. The van der Waals surface area contributed by atoms with Crippen molar-refractivity contribution >= 4 is 23.5 Å². The minimum absolute atomic E-state index is 0.0112. The lowest BCUT2D eigenvalue weighted by Gasteiger charge is -2.03. The number of Topliss-reactive ketones (excluding diaryl/α,β-unsaturated/α-hetero) is 1. The topological polar surface area (TPSA) is 87.0 Å². The summed E-state index contributed by atoms with van der Waals surface area (Å²) in [5, 5.41) is 11.6. The van der Waals surface area contributed by atoms with E-state index >= 15 is 0 Å². The fourth-order valence-electron chi connectivity index (χ4n) is 1.42. The minimum atomic E-state index is -0.425. The van der Waals surface area contributed by atoms with E-state index in [0.717, 1.165) is 4.90 Å². The number of carbonyl (C=O) groups is 2. The van der Waals surface area contributed by atoms with E-state index in [0.29, 0.717) is 10.7 Å². The molecule has 0 N–H and O–H groups in total. The van der Waals surface area contributed by atoms with Crippen LogP contribution in [-0.4, -0.2) is 39.1 Å². The standard InChI is InChI=1S/C12H12N4O3S/c1-8(17)9-3-5-10(6-4-9)20-12-13-14-15-16(12)7-11(18)19-2/h3-6H,7H2,1-2H3. The van der Waals surface area contributed by atoms with Gasteiger partial charge in [0, 0.05) is 10.5 Å². The fourth-order valence-corrected chi connectivity index (χ4v) is 2.19. The molecular formula is C12H12N4O3S. The summed E-state index contributed by atoms with van der Waals surface area (Å²) < 4.78 is 5.93. The third-order valence-corrected chi connectivity index (χ3v) is 3.46. The van der Waals surface area contributed by atoms with Gasteiger partial charge in [-0.2, -0.15) is 0 Å². The van der Waals surface area contributed by atoms with Crippen molar-refractivity contribution in [3.8, 4) is 0 Å². The first-order chi connectivity index (χ1) is 9.60. The van der Waals surface area contributed by atoms with Gasteiger partial charge in [-0.3, -0.25) is 9.59 Å². The first-order valence-corrected chi connectivity index (χ1v) is 6.53. The van der Waals surface area contributed by atoms with Crippen LogP contribution in [0.3, 0.4) is 0 Å². The number of nitrogens with zero attached hydrogens (tertiary/aromatic N) is 4. The average Bonchev–Trinajstić information content (AvgIpc) is 2.86. The van der Waals surface area contributed by atoms with E-state index in [1.807, 2.05) is 0 Å². The monoisotopic (exact) mass is 292 g/mol. The molecule has 0 unspecified atom stereocenters. The molecule has 0 saturated carbocycles. The molecule has 2 aromatic rings. The smallest absolute Gasteiger partial charge is 0.327 e. The van der Waals surface area contributed by atoms with Gasteiger partial charge in [0.2, 0.25) is 5.16 Å². The molecule has 0 aliphatic heterocycles. The van der Waals surface area contributed by atoms with Gasteiger partial charge in [0.1, 0.15) is 6.54 Å². The van der Waals surface area contributed by atoms with Gasteiger partial charge in [-0.1, -0.05) is 12.1 Å². The second kappa shape index (κ2) is 6.29. The molecule has 1 aromatic heterocycles. The molecule has 20 heavy (non-hydrogen) atoms. The first kappa shape index (κ1) is 14.2. The molecule has 104 valence electrons. The molecule has 0 atom stereocenters. The summed E-state index contributed by atoms with van der Waals surface area (Å²) in [6.07, 6.45) is 0. The van der Waals surface area contributed by atoms with Crippen LogP contribution in [0.15, 0.2) is 34.3 Å². The van der Waals surface area contributed by atoms with E-state index in [1.54, 1.807) is 24.3 Å². The molecule has 8 heteroatoms. The van der Waals surface area contributed by atoms with Crippen molar-refractivity contribution in [3.63, 3.8) is 0 Å². The maximum Gasteiger partial charge on any atom is 0.327 e. The molecular weight excluding hydrogens is 280 g/mol. The summed E-state index contributed by atoms with van der Waals surface area (Å²) in [7, 11) is 1.31. The predicted molar refractivity (Wildman–Crippen MR) is 70.4 cm³/mol. The quantitative estimate of drug-likeness (QED) is 0.604. The Kier molecular flexibility index (Phi) is 4.46. The molecule has 0 aliphatic rings. The van der Waals surface area contributed by atoms with Crippen molar-refractivity contribution in [1.29, 1.82) is 0 Å². The summed E-state index contributed by atoms with van der Waals surface area (Å²) >= 11 is 1.30. The molecule has 2 rings (SSSR count). The summed E-state index contributed by atoms with van der Waals surface area (Å²) in [5.74, 6) is -0.414. The summed E-state index contributed by atoms with van der Waals surface area (Å²) in [6.45, 7) is 1.47. The van der Waals surface area contributed by atoms with Crippen LogP contribution in [-0.2, 0) is 16.1 Å². The summed E-state index contributed by atoms with van der Waals surface area (Å²) in [4.78, 5) is 23.3. The number of hydrogen-bond donors (Lipinski definition) is 0. The molecule has 0 radical (unpaired) electrons. The Balaban J connectivity index is 2.12. The summed E-state index contributed by atoms with van der Waals surface area (Å²) in [6, 6.07) is 7.08. The normalized spacial score (nSPS) is 10.3. The van der Waals surface area contributed by atoms with Gasteiger partial charge in [-0.15, -0.1) is 5.10 Å². The van der Waals surface area contributed by atoms with Gasteiger partial charge in [0.15, 0.2) is 5.78 Å². The lowest BCUT2D eigenvalue weighted by atomic mass is 10.2. The number of ether oxygens (including phenoxy) is 1. The van der Waals surface area contributed by atoms with Crippen LogP contribution in [0, 0.1) is 0 Å². The van der Waals surface area contributed by atoms with Crippen molar-refractivity contribution in [3.05, 3.63) is 29.8 Å². The summed E-state index contributed by atoms with van der Waals surface area (Å²) in [5.41, 5.74) is 0.642. The van der Waals surface area contributed by atoms with E-state index in [9.17, 15) is 9.59 Å². The molecule has 0 amide bonds. The Morgan fingerprint density at radius 1 is 1.30 bits per heavy atom. The molecule has 0 bridgehead atoms. The highest BCUT2D eigenvalue weighted by atomic mass is 32.2. The zero-order valence-corrected chi connectivity index (χ0v) is 11.8. The van der Waals surface area contributed by atoms with E-state index < -0.39 is 5.97 Å². The zero-order chi connectivity index (χ0) is 14.5. The molecule has 1 aromatic carbocycles. The second-order valence-electron chi connectivity index (χ2n) is 3.88. The van der Waals surface area contributed by atoms with Gasteiger partial charge in [0.25, 0.3) is 0 Å². The number of ketones is 1. The van der Waals surface area contributed by atoms with Crippen LogP contribution in [0.2, 0.25) is 0 Å². The van der Waals surface area contributed by atoms with Crippen LogP contribution in [0.25, 0.3) is 0 Å². The van der Waals surface area contributed by atoms with Crippen LogP contribution in [0.1, 0.15) is 17.3 Å². The van der Waals surface area contributed by atoms with Crippen molar-refractivity contribution in [1.82, 2.24) is 20.2 Å². The second-order valence-corrected chi connectivity index (χ2v) is 4.92. The molecule has 1 heterocycles. The molecule has 0 fully saturated rings. The van der Waals surface area contributed by atoms with E-state index in [4.69, 9.17) is 0 Å². The maximum atomic E-state index is 11.2. The number of rotatable bonds is 5. The molecule has 7 nitrogen and oxygen atoms in total. The zero-order valence-electron chi connectivity index (χ0n) is 10.9. The molecule has 0 saturated heterocycles. The van der Waals surface area contributed by atoms with E-state index in [1.165, 1.54) is 30.5 Å². The van der Waals surface area contributed by atoms with Crippen molar-refractivity contribution < 1.29 is 14.3 Å². The SMILES string of the molecule is COC(=O)Cn1nnnc1Sc1ccc(C(C)=O)cc1. The molecule has 0 spiro atoms. The van der Waals surface area contributed by atoms with E-state index in [-0.39, 0.29) is 12.3 Å². The first-order valence-electron chi connectivity index (χ1n) is 5.72. The number of methoxy groups -OCH3 is 1. The van der Waals surface area contributed by atoms with Gasteiger partial charge < -0.3 is 4.74 Å². The van der Waals surface area contributed by atoms with E-state index in [2.05, 4.69) is 20.3 Å². The van der Waals surface area contributed by atoms with Gasteiger partial charge in [0.05, 0.1) is 7.11 Å². The highest BCUT2D eigenvalue weighted by Crippen LogP contribution is 2.25. The third kappa shape index (κ3) is 3.41. The van der Waals surface area contributed by atoms with Crippen molar-refractivity contribution in [2.24, 2.45) is 0 Å². The van der Waals surface area contributed by atoms with Crippen LogP contribution >= 0.6 is 11.8 Å². The number of benzene rings is 1. The van der Waals surface area contributed by atoms with Crippen LogP contribution < -0.4 is 0 Å². The Morgan fingerprint density at radius 2 is 2.00 bits per heavy atom. The number of esters is 1. The fraction of sp³-hybridized carbons (Fsp3) is 0.250. The lowest BCUT2D eigenvalue weighted by Crippen LogP contribution is -2.13. The van der Waals surface area contributed by atoms with Gasteiger partial charge in [-0.05, 0) is 41.2 Å². The number of tetrazole rings is 1. The van der Waals surface area contributed by atoms with Crippen molar-refractivity contribution in [2.75, 3.05) is 7.11 Å². The Bertz CT molecular complexity index is 624. The Morgan fingerprint density at radius 3 is 2.60 bits per heavy atom. The Labute approximate surface area is 119 Å². The molecule has 0 aliphatic carbocycles. The van der Waals surface area contributed by atoms with Crippen molar-refractivity contribution in [2.45, 2.75) is 23.5 Å². The minimum Gasteiger partial charge on any atom is -0.468 e. The third-order valence-electron chi connectivity index (χ3n) is 2.48. The number of hydrogen-bond acceptors (Lipinski definition) is 7.